The number of ketones is 1. The van der Waals surface area contributed by atoms with Gasteiger partial charge in [0.05, 0.1) is 21.5 Å². The first-order chi connectivity index (χ1) is 26.3. The number of nitrogens with zero attached hydrogens (tertiary/aromatic N) is 6. The van der Waals surface area contributed by atoms with Crippen LogP contribution in [0.5, 0.6) is 5.75 Å². The van der Waals surface area contributed by atoms with E-state index >= 15 is 0 Å². The second kappa shape index (κ2) is 14.4. The summed E-state index contributed by atoms with van der Waals surface area (Å²) in [4.78, 5) is 68.2. The van der Waals surface area contributed by atoms with Crippen LogP contribution in [0.3, 0.4) is 0 Å². The molecule has 266 valence electrons. The standard InChI is InChI=1S/C41H31N7O6/c49-36(25-54-30-17-14-27(15-18-30)38(50)32-23-28-11-8-20-42-39(28)44-37(32)26-9-2-1-3-10-26)45-47-40(43-33-13-5-4-12-31(33)41(47)51)29-16-19-34(35(24-29)48(52)53)46-21-6-7-22-46/h1-5,8-20,23-24H,6-7,21-22,25H2,(H,45,49). The number of hydrogen-bond donors (Lipinski definition) is 1. The van der Waals surface area contributed by atoms with Gasteiger partial charge in [0.2, 0.25) is 0 Å². The predicted octanol–water partition coefficient (Wildman–Crippen LogP) is 6.56. The molecule has 8 rings (SSSR count). The molecule has 0 atom stereocenters. The molecular formula is C41H31N7O6. The predicted molar refractivity (Wildman–Crippen MR) is 204 cm³/mol. The van der Waals surface area contributed by atoms with E-state index in [1.54, 1.807) is 79.0 Å². The van der Waals surface area contributed by atoms with E-state index in [0.717, 1.165) is 28.5 Å². The Balaban J connectivity index is 1.03. The Kier molecular flexibility index (Phi) is 9.02. The molecule has 0 spiro atoms. The number of benzene rings is 4. The molecule has 13 nitrogen and oxygen atoms in total. The fourth-order valence-corrected chi connectivity index (χ4v) is 6.62. The van der Waals surface area contributed by atoms with Crippen molar-refractivity contribution >= 4 is 45.0 Å². The molecule has 1 saturated heterocycles. The average molecular weight is 718 g/mol. The lowest BCUT2D eigenvalue weighted by atomic mass is 9.97. The minimum atomic E-state index is -0.679. The third-order valence-corrected chi connectivity index (χ3v) is 9.26. The summed E-state index contributed by atoms with van der Waals surface area (Å²) in [5.74, 6) is -0.592. The number of aromatic nitrogens is 4. The van der Waals surface area contributed by atoms with Crippen molar-refractivity contribution in [2.75, 3.05) is 30.0 Å². The SMILES string of the molecule is O=C(COc1ccc(C(=O)c2cc3cccnc3nc2-c2ccccc2)cc1)Nn1c(-c2ccc(N3CCCC3)c([N+](=O)[O-])c2)nc2ccccc2c1=O. The molecule has 0 aliphatic carbocycles. The van der Waals surface area contributed by atoms with Crippen molar-refractivity contribution in [1.82, 2.24) is 19.6 Å². The number of nitro groups is 1. The van der Waals surface area contributed by atoms with Crippen LogP contribution in [0.15, 0.2) is 126 Å². The van der Waals surface area contributed by atoms with Gasteiger partial charge in [0.15, 0.2) is 23.9 Å². The van der Waals surface area contributed by atoms with Crippen LogP contribution in [0.25, 0.3) is 44.6 Å². The van der Waals surface area contributed by atoms with Crippen LogP contribution in [0.4, 0.5) is 11.4 Å². The van der Waals surface area contributed by atoms with E-state index in [1.807, 2.05) is 41.3 Å². The van der Waals surface area contributed by atoms with Gasteiger partial charge in [-0.1, -0.05) is 42.5 Å². The topological polar surface area (TPSA) is 162 Å². The van der Waals surface area contributed by atoms with Gasteiger partial charge in [-0.15, -0.1) is 0 Å². The van der Waals surface area contributed by atoms with Gasteiger partial charge in [0.25, 0.3) is 17.2 Å². The van der Waals surface area contributed by atoms with Crippen LogP contribution in [-0.4, -0.2) is 55.9 Å². The minimum absolute atomic E-state index is 0.0276. The first-order valence-corrected chi connectivity index (χ1v) is 17.3. The maximum atomic E-state index is 13.8. The first kappa shape index (κ1) is 33.8. The number of carbonyl (C=O) groups excluding carboxylic acids is 2. The zero-order valence-electron chi connectivity index (χ0n) is 28.7. The summed E-state index contributed by atoms with van der Waals surface area (Å²) in [5.41, 5.74) is 5.65. The van der Waals surface area contributed by atoms with Crippen molar-refractivity contribution in [2.45, 2.75) is 12.8 Å². The lowest BCUT2D eigenvalue weighted by Gasteiger charge is -2.19. The lowest BCUT2D eigenvalue weighted by Crippen LogP contribution is -2.37. The summed E-state index contributed by atoms with van der Waals surface area (Å²) in [7, 11) is 0. The molecule has 1 aliphatic heterocycles. The van der Waals surface area contributed by atoms with E-state index in [4.69, 9.17) is 9.72 Å². The quantitative estimate of drug-likeness (QED) is 0.0931. The molecule has 1 amide bonds. The number of pyridine rings is 2. The van der Waals surface area contributed by atoms with E-state index in [0.29, 0.717) is 52.5 Å². The zero-order valence-corrected chi connectivity index (χ0v) is 28.7. The van der Waals surface area contributed by atoms with Crippen LogP contribution in [-0.2, 0) is 4.79 Å². The molecule has 0 saturated carbocycles. The Bertz CT molecular complexity index is 2640. The van der Waals surface area contributed by atoms with E-state index in [1.165, 1.54) is 6.07 Å². The van der Waals surface area contributed by atoms with Gasteiger partial charge in [-0.25, -0.2) is 15.0 Å². The molecule has 0 bridgehead atoms. The highest BCUT2D eigenvalue weighted by Crippen LogP contribution is 2.34. The normalized spacial score (nSPS) is 12.6. The van der Waals surface area contributed by atoms with E-state index < -0.39 is 23.0 Å². The number of carbonyl (C=O) groups is 2. The Morgan fingerprint density at radius 3 is 2.37 bits per heavy atom. The van der Waals surface area contributed by atoms with E-state index in [-0.39, 0.29) is 28.2 Å². The molecular weight excluding hydrogens is 686 g/mol. The Labute approximate surface area is 307 Å². The molecule has 3 aromatic heterocycles. The number of fused-ring (bicyclic) bond motifs is 2. The molecule has 0 radical (unpaired) electrons. The molecule has 1 aliphatic rings. The van der Waals surface area contributed by atoms with Crippen LogP contribution in [0, 0.1) is 10.1 Å². The Morgan fingerprint density at radius 1 is 0.833 bits per heavy atom. The molecule has 7 aromatic rings. The number of nitro benzene ring substituents is 1. The monoisotopic (exact) mass is 717 g/mol. The summed E-state index contributed by atoms with van der Waals surface area (Å²) < 4.78 is 6.74. The van der Waals surface area contributed by atoms with Gasteiger partial charge in [0.1, 0.15) is 11.4 Å². The summed E-state index contributed by atoms with van der Waals surface area (Å²) >= 11 is 0. The fourth-order valence-electron chi connectivity index (χ4n) is 6.62. The second-order valence-corrected chi connectivity index (χ2v) is 12.7. The average Bonchev–Trinajstić information content (AvgIpc) is 3.76. The second-order valence-electron chi connectivity index (χ2n) is 12.7. The number of anilines is 1. The summed E-state index contributed by atoms with van der Waals surface area (Å²) in [5, 5.41) is 13.1. The summed E-state index contributed by atoms with van der Waals surface area (Å²) in [6.45, 7) is 0.937. The van der Waals surface area contributed by atoms with Crippen LogP contribution >= 0.6 is 0 Å². The van der Waals surface area contributed by atoms with Gasteiger partial charge < -0.3 is 9.64 Å². The molecule has 1 N–H and O–H groups in total. The van der Waals surface area contributed by atoms with Crippen LogP contribution in [0.2, 0.25) is 0 Å². The zero-order chi connectivity index (χ0) is 37.2. The van der Waals surface area contributed by atoms with Gasteiger partial charge in [-0.05, 0) is 79.6 Å². The van der Waals surface area contributed by atoms with Crippen LogP contribution in [0.1, 0.15) is 28.8 Å². The van der Waals surface area contributed by atoms with Crippen molar-refractivity contribution in [3.05, 3.63) is 153 Å². The lowest BCUT2D eigenvalue weighted by molar-refractivity contribution is -0.384. The van der Waals surface area contributed by atoms with Crippen molar-refractivity contribution in [1.29, 1.82) is 0 Å². The maximum Gasteiger partial charge on any atom is 0.293 e. The largest absolute Gasteiger partial charge is 0.484 e. The van der Waals surface area contributed by atoms with Gasteiger partial charge in [-0.3, -0.25) is 29.9 Å². The number of amides is 1. The molecule has 13 heteroatoms. The summed E-state index contributed by atoms with van der Waals surface area (Å²) in [6, 6.07) is 32.5. The Hall–Kier alpha value is -7.28. The van der Waals surface area contributed by atoms with Crippen molar-refractivity contribution in [2.24, 2.45) is 0 Å². The molecule has 4 heterocycles. The highest BCUT2D eigenvalue weighted by atomic mass is 16.6. The van der Waals surface area contributed by atoms with Gasteiger partial charge in [-0.2, -0.15) is 4.68 Å². The van der Waals surface area contributed by atoms with Crippen molar-refractivity contribution in [3.8, 4) is 28.4 Å². The van der Waals surface area contributed by atoms with Gasteiger partial charge in [0, 0.05) is 53.0 Å². The van der Waals surface area contributed by atoms with Crippen molar-refractivity contribution < 1.29 is 19.2 Å². The summed E-state index contributed by atoms with van der Waals surface area (Å²) in [6.07, 6.45) is 3.54. The van der Waals surface area contributed by atoms with Crippen LogP contribution < -0.4 is 20.6 Å². The third-order valence-electron chi connectivity index (χ3n) is 9.26. The number of rotatable bonds is 10. The van der Waals surface area contributed by atoms with Crippen molar-refractivity contribution in [3.63, 3.8) is 0 Å². The Morgan fingerprint density at radius 2 is 1.59 bits per heavy atom. The number of hydrogen-bond acceptors (Lipinski definition) is 10. The fraction of sp³-hybridized carbons (Fsp3) is 0.122. The molecule has 1 fully saturated rings. The molecule has 0 unspecified atom stereocenters. The highest BCUT2D eigenvalue weighted by molar-refractivity contribution is 6.13. The number of ether oxygens (including phenoxy) is 1. The van der Waals surface area contributed by atoms with E-state index in [9.17, 15) is 24.5 Å². The highest BCUT2D eigenvalue weighted by Gasteiger charge is 2.25. The minimum Gasteiger partial charge on any atom is -0.484 e. The molecule has 4 aromatic carbocycles. The third kappa shape index (κ3) is 6.61. The first-order valence-electron chi connectivity index (χ1n) is 17.3. The van der Waals surface area contributed by atoms with Gasteiger partial charge >= 0.3 is 0 Å². The maximum absolute atomic E-state index is 13.8. The molecule has 54 heavy (non-hydrogen) atoms. The smallest absolute Gasteiger partial charge is 0.293 e. The number of nitrogens with one attached hydrogen (secondary N) is 1. The number of para-hydroxylation sites is 1. The van der Waals surface area contributed by atoms with E-state index in [2.05, 4.69) is 15.4 Å².